The maximum absolute atomic E-state index is 11.7. The summed E-state index contributed by atoms with van der Waals surface area (Å²) in [6.45, 7) is 3.65. The molecule has 5 nitrogen and oxygen atoms in total. The Morgan fingerprint density at radius 1 is 1.42 bits per heavy atom. The largest absolute Gasteiger partial charge is 0.507 e. The average molecular weight is 320 g/mol. The number of furan rings is 1. The summed E-state index contributed by atoms with van der Waals surface area (Å²) in [6, 6.07) is 7.58. The van der Waals surface area contributed by atoms with Crippen LogP contribution in [0.5, 0.6) is 0 Å². The minimum Gasteiger partial charge on any atom is -0.507 e. The SMILES string of the molecule is CC(=O)C1=C(O)/C=C(\C)c2oc3c(C#N)cccc3c2CCN=C1. The third-order valence-electron chi connectivity index (χ3n) is 4.02. The maximum atomic E-state index is 11.7. The molecular weight excluding hydrogens is 304 g/mol. The second kappa shape index (κ2) is 6.17. The Bertz CT molecular complexity index is 968. The Balaban J connectivity index is 2.28. The summed E-state index contributed by atoms with van der Waals surface area (Å²) in [5, 5.41) is 20.4. The summed E-state index contributed by atoms with van der Waals surface area (Å²) >= 11 is 0. The van der Waals surface area contributed by atoms with Crippen molar-refractivity contribution in [1.29, 1.82) is 5.26 Å². The van der Waals surface area contributed by atoms with Gasteiger partial charge in [0.1, 0.15) is 17.6 Å². The number of aliphatic hydroxyl groups excluding tert-OH is 1. The van der Waals surface area contributed by atoms with Crippen molar-refractivity contribution in [3.63, 3.8) is 0 Å². The molecule has 0 bridgehead atoms. The zero-order valence-corrected chi connectivity index (χ0v) is 13.5. The Hall–Kier alpha value is -3.13. The van der Waals surface area contributed by atoms with Crippen LogP contribution >= 0.6 is 0 Å². The van der Waals surface area contributed by atoms with Gasteiger partial charge in [0.05, 0.1) is 11.1 Å². The summed E-state index contributed by atoms with van der Waals surface area (Å²) in [4.78, 5) is 15.9. The number of hydrogen-bond acceptors (Lipinski definition) is 5. The molecule has 0 spiro atoms. The topological polar surface area (TPSA) is 86.6 Å². The van der Waals surface area contributed by atoms with Crippen LogP contribution in [0.3, 0.4) is 0 Å². The highest BCUT2D eigenvalue weighted by atomic mass is 16.3. The van der Waals surface area contributed by atoms with Crippen molar-refractivity contribution in [2.75, 3.05) is 6.54 Å². The zero-order valence-electron chi connectivity index (χ0n) is 13.5. The van der Waals surface area contributed by atoms with Crippen LogP contribution in [0.15, 0.2) is 45.0 Å². The highest BCUT2D eigenvalue weighted by Gasteiger charge is 2.19. The smallest absolute Gasteiger partial charge is 0.165 e. The fraction of sp³-hybridized carbons (Fsp3) is 0.211. The minimum absolute atomic E-state index is 0.141. The van der Waals surface area contributed by atoms with Crippen LogP contribution in [0, 0.1) is 11.3 Å². The summed E-state index contributed by atoms with van der Waals surface area (Å²) < 4.78 is 5.94. The molecule has 1 aromatic carbocycles. The van der Waals surface area contributed by atoms with Gasteiger partial charge >= 0.3 is 0 Å². The summed E-state index contributed by atoms with van der Waals surface area (Å²) in [5.74, 6) is 0.217. The molecule has 1 N–H and O–H groups in total. The van der Waals surface area contributed by atoms with Crippen molar-refractivity contribution in [2.45, 2.75) is 20.3 Å². The van der Waals surface area contributed by atoms with E-state index < -0.39 is 0 Å². The summed E-state index contributed by atoms with van der Waals surface area (Å²) in [6.07, 6.45) is 3.53. The molecule has 0 amide bonds. The predicted molar refractivity (Wildman–Crippen MR) is 92.0 cm³/mol. The van der Waals surface area contributed by atoms with Gasteiger partial charge in [0, 0.05) is 23.7 Å². The number of allylic oxidation sites excluding steroid dienone is 3. The highest BCUT2D eigenvalue weighted by molar-refractivity contribution is 6.13. The maximum Gasteiger partial charge on any atom is 0.165 e. The van der Waals surface area contributed by atoms with Gasteiger partial charge < -0.3 is 9.52 Å². The number of nitriles is 1. The number of para-hydroxylation sites is 1. The first-order valence-corrected chi connectivity index (χ1v) is 7.60. The zero-order chi connectivity index (χ0) is 17.3. The van der Waals surface area contributed by atoms with Gasteiger partial charge in [-0.1, -0.05) is 12.1 Å². The van der Waals surface area contributed by atoms with Gasteiger partial charge in [-0.3, -0.25) is 9.79 Å². The van der Waals surface area contributed by atoms with E-state index in [1.54, 1.807) is 13.0 Å². The number of fused-ring (bicyclic) bond motifs is 3. The first kappa shape index (κ1) is 15.8. The number of rotatable bonds is 1. The minimum atomic E-state index is -0.252. The number of hydrogen-bond donors (Lipinski definition) is 1. The van der Waals surface area contributed by atoms with Crippen molar-refractivity contribution in [2.24, 2.45) is 4.99 Å². The van der Waals surface area contributed by atoms with E-state index in [1.807, 2.05) is 12.1 Å². The molecule has 0 atom stereocenters. The first-order valence-electron chi connectivity index (χ1n) is 7.60. The normalized spacial score (nSPS) is 17.1. The van der Waals surface area contributed by atoms with Gasteiger partial charge in [-0.2, -0.15) is 5.26 Å². The molecule has 0 aliphatic carbocycles. The van der Waals surface area contributed by atoms with Crippen molar-refractivity contribution in [3.05, 3.63) is 52.5 Å². The van der Waals surface area contributed by atoms with E-state index in [2.05, 4.69) is 11.1 Å². The third kappa shape index (κ3) is 2.63. The fourth-order valence-corrected chi connectivity index (χ4v) is 2.84. The van der Waals surface area contributed by atoms with Crippen LogP contribution in [0.1, 0.15) is 30.7 Å². The highest BCUT2D eigenvalue weighted by Crippen LogP contribution is 2.33. The number of aliphatic imine (C=N–C) groups is 1. The average Bonchev–Trinajstić information content (AvgIpc) is 2.92. The van der Waals surface area contributed by atoms with Gasteiger partial charge in [0.25, 0.3) is 0 Å². The first-order chi connectivity index (χ1) is 11.5. The standard InChI is InChI=1S/C19H16N2O3/c1-11-8-17(23)16(12(2)22)10-21-7-6-15-14-5-3-4-13(9-20)19(14)24-18(11)15/h3-5,8,10,23H,6-7H2,1-2H3/b11-8+,17-16?,21-10?. The van der Waals surface area contributed by atoms with Crippen LogP contribution < -0.4 is 0 Å². The number of ketones is 1. The number of Topliss-reactive ketones (excluding diaryl/α,β-unsaturated/α-hetero) is 1. The van der Waals surface area contributed by atoms with Crippen molar-refractivity contribution >= 4 is 28.5 Å². The van der Waals surface area contributed by atoms with Gasteiger partial charge in [0.15, 0.2) is 11.4 Å². The monoisotopic (exact) mass is 320 g/mol. The lowest BCUT2D eigenvalue weighted by atomic mass is 10.0. The van der Waals surface area contributed by atoms with Gasteiger partial charge in [-0.15, -0.1) is 0 Å². The quantitative estimate of drug-likeness (QED) is 0.867. The number of nitrogens with zero attached hydrogens (tertiary/aromatic N) is 2. The molecule has 1 aliphatic rings. The molecule has 1 aromatic heterocycles. The van der Waals surface area contributed by atoms with Crippen molar-refractivity contribution < 1.29 is 14.3 Å². The molecule has 3 rings (SSSR count). The molecule has 1 aliphatic heterocycles. The Morgan fingerprint density at radius 2 is 2.21 bits per heavy atom. The van der Waals surface area contributed by atoms with Gasteiger partial charge in [0.2, 0.25) is 0 Å². The molecule has 0 unspecified atom stereocenters. The third-order valence-corrected chi connectivity index (χ3v) is 4.02. The lowest BCUT2D eigenvalue weighted by Gasteiger charge is -2.06. The molecule has 0 radical (unpaired) electrons. The van der Waals surface area contributed by atoms with E-state index in [4.69, 9.17) is 4.42 Å². The Kier molecular flexibility index (Phi) is 4.05. The lowest BCUT2D eigenvalue weighted by molar-refractivity contribution is -0.113. The van der Waals surface area contributed by atoms with E-state index >= 15 is 0 Å². The molecule has 2 heterocycles. The van der Waals surface area contributed by atoms with Crippen LogP contribution in [0.25, 0.3) is 16.5 Å². The van der Waals surface area contributed by atoms with E-state index in [0.29, 0.717) is 35.4 Å². The molecular formula is C19H16N2O3. The molecule has 0 fully saturated rings. The molecule has 120 valence electrons. The lowest BCUT2D eigenvalue weighted by Crippen LogP contribution is -2.05. The van der Waals surface area contributed by atoms with E-state index in [-0.39, 0.29) is 17.1 Å². The number of carbonyl (C=O) groups excluding carboxylic acids is 1. The van der Waals surface area contributed by atoms with Crippen LogP contribution in [-0.2, 0) is 11.2 Å². The van der Waals surface area contributed by atoms with E-state index in [0.717, 1.165) is 10.9 Å². The van der Waals surface area contributed by atoms with Gasteiger partial charge in [-0.25, -0.2) is 0 Å². The summed E-state index contributed by atoms with van der Waals surface area (Å²) in [7, 11) is 0. The number of carbonyl (C=O) groups is 1. The molecule has 2 aromatic rings. The second-order valence-electron chi connectivity index (χ2n) is 5.67. The Labute approximate surface area is 139 Å². The molecule has 0 saturated carbocycles. The van der Waals surface area contributed by atoms with Crippen LogP contribution in [0.4, 0.5) is 0 Å². The number of aliphatic hydroxyl groups is 1. The van der Waals surface area contributed by atoms with Crippen molar-refractivity contribution in [1.82, 2.24) is 0 Å². The fourth-order valence-electron chi connectivity index (χ4n) is 2.84. The van der Waals surface area contributed by atoms with E-state index in [9.17, 15) is 15.2 Å². The molecule has 0 saturated heterocycles. The Morgan fingerprint density at radius 3 is 2.92 bits per heavy atom. The summed E-state index contributed by atoms with van der Waals surface area (Å²) in [5.41, 5.74) is 2.82. The van der Waals surface area contributed by atoms with Gasteiger partial charge in [-0.05, 0) is 38.0 Å². The number of benzene rings is 1. The molecule has 24 heavy (non-hydrogen) atoms. The predicted octanol–water partition coefficient (Wildman–Crippen LogP) is 3.74. The molecule has 5 heteroatoms. The van der Waals surface area contributed by atoms with Crippen LogP contribution in [-0.4, -0.2) is 23.6 Å². The van der Waals surface area contributed by atoms with E-state index in [1.165, 1.54) is 19.2 Å². The van der Waals surface area contributed by atoms with Crippen LogP contribution in [0.2, 0.25) is 0 Å². The van der Waals surface area contributed by atoms with Crippen molar-refractivity contribution in [3.8, 4) is 6.07 Å². The second-order valence-corrected chi connectivity index (χ2v) is 5.67.